The molecular formula is C17H34N2O. The van der Waals surface area contributed by atoms with E-state index in [0.29, 0.717) is 5.92 Å². The van der Waals surface area contributed by atoms with E-state index in [1.54, 1.807) is 0 Å². The molecule has 0 aliphatic carbocycles. The second-order valence-electron chi connectivity index (χ2n) is 7.79. The van der Waals surface area contributed by atoms with Crippen LogP contribution >= 0.6 is 0 Å². The molecule has 20 heavy (non-hydrogen) atoms. The molecule has 2 saturated heterocycles. The van der Waals surface area contributed by atoms with Crippen molar-refractivity contribution in [3.8, 4) is 0 Å². The molecular weight excluding hydrogens is 248 g/mol. The minimum absolute atomic E-state index is 0.0787. The third-order valence-corrected chi connectivity index (χ3v) is 5.31. The molecule has 0 amide bonds. The SMILES string of the molecule is CCC[C@]12CNC[C@@](CCC)(CN(CC(C)C)C1)C2O. The maximum absolute atomic E-state index is 11.1. The van der Waals surface area contributed by atoms with Gasteiger partial charge in [-0.25, -0.2) is 0 Å². The Morgan fingerprint density at radius 3 is 2.00 bits per heavy atom. The summed E-state index contributed by atoms with van der Waals surface area (Å²) in [6.45, 7) is 14.4. The normalized spacial score (nSPS) is 38.4. The van der Waals surface area contributed by atoms with Crippen LogP contribution in [-0.4, -0.2) is 48.8 Å². The van der Waals surface area contributed by atoms with Gasteiger partial charge in [-0.1, -0.05) is 40.5 Å². The van der Waals surface area contributed by atoms with E-state index in [4.69, 9.17) is 0 Å². The van der Waals surface area contributed by atoms with E-state index in [-0.39, 0.29) is 16.9 Å². The fourth-order valence-electron chi connectivity index (χ4n) is 4.88. The van der Waals surface area contributed by atoms with Gasteiger partial charge in [0.05, 0.1) is 6.10 Å². The van der Waals surface area contributed by atoms with E-state index >= 15 is 0 Å². The number of hydrogen-bond donors (Lipinski definition) is 2. The molecule has 118 valence electrons. The number of rotatable bonds is 6. The van der Waals surface area contributed by atoms with Gasteiger partial charge in [0.2, 0.25) is 0 Å². The topological polar surface area (TPSA) is 35.5 Å². The van der Waals surface area contributed by atoms with Gasteiger partial charge >= 0.3 is 0 Å². The van der Waals surface area contributed by atoms with Crippen molar-refractivity contribution in [3.63, 3.8) is 0 Å². The zero-order valence-electron chi connectivity index (χ0n) is 13.9. The molecule has 0 aromatic heterocycles. The highest BCUT2D eigenvalue weighted by Gasteiger charge is 2.56. The van der Waals surface area contributed by atoms with Gasteiger partial charge in [-0.15, -0.1) is 0 Å². The van der Waals surface area contributed by atoms with Crippen LogP contribution in [0.3, 0.4) is 0 Å². The summed E-state index contributed by atoms with van der Waals surface area (Å²) in [6.07, 6.45) is 4.48. The Morgan fingerprint density at radius 2 is 1.60 bits per heavy atom. The lowest BCUT2D eigenvalue weighted by molar-refractivity contribution is -0.164. The molecule has 0 unspecified atom stereocenters. The molecule has 3 heteroatoms. The Balaban J connectivity index is 2.26. The molecule has 2 aliphatic heterocycles. The van der Waals surface area contributed by atoms with E-state index in [2.05, 4.69) is 37.9 Å². The molecule has 0 aromatic rings. The number of likely N-dealkylation sites (tertiary alicyclic amines) is 1. The number of aliphatic hydroxyl groups excluding tert-OH is 1. The smallest absolute Gasteiger partial charge is 0.0701 e. The van der Waals surface area contributed by atoms with Gasteiger partial charge in [-0.05, 0) is 18.8 Å². The molecule has 3 nitrogen and oxygen atoms in total. The second kappa shape index (κ2) is 6.33. The maximum atomic E-state index is 11.1. The largest absolute Gasteiger partial charge is 0.392 e. The van der Waals surface area contributed by atoms with Crippen molar-refractivity contribution in [1.29, 1.82) is 0 Å². The van der Waals surface area contributed by atoms with Crippen molar-refractivity contribution in [1.82, 2.24) is 10.2 Å². The Kier molecular flexibility index (Phi) is 5.14. The van der Waals surface area contributed by atoms with Crippen LogP contribution in [0.2, 0.25) is 0 Å². The van der Waals surface area contributed by atoms with Gasteiger partial charge in [-0.3, -0.25) is 0 Å². The van der Waals surface area contributed by atoms with Crippen LogP contribution in [0.15, 0.2) is 0 Å². The van der Waals surface area contributed by atoms with Crippen molar-refractivity contribution in [2.24, 2.45) is 16.7 Å². The van der Waals surface area contributed by atoms with Crippen molar-refractivity contribution < 1.29 is 5.11 Å². The summed E-state index contributed by atoms with van der Waals surface area (Å²) >= 11 is 0. The number of hydrogen-bond acceptors (Lipinski definition) is 3. The zero-order valence-corrected chi connectivity index (χ0v) is 13.9. The van der Waals surface area contributed by atoms with Crippen molar-refractivity contribution in [3.05, 3.63) is 0 Å². The van der Waals surface area contributed by atoms with Gasteiger partial charge in [0.1, 0.15) is 0 Å². The molecule has 2 N–H and O–H groups in total. The van der Waals surface area contributed by atoms with Gasteiger partial charge in [0, 0.05) is 43.6 Å². The van der Waals surface area contributed by atoms with Gasteiger partial charge in [0.25, 0.3) is 0 Å². The van der Waals surface area contributed by atoms with Crippen molar-refractivity contribution in [2.75, 3.05) is 32.7 Å². The highest BCUT2D eigenvalue weighted by molar-refractivity contribution is 5.09. The number of nitrogens with zero attached hydrogens (tertiary/aromatic N) is 1. The average molecular weight is 282 g/mol. The Hall–Kier alpha value is -0.120. The molecule has 2 heterocycles. The summed E-state index contributed by atoms with van der Waals surface area (Å²) in [5, 5.41) is 14.8. The molecule has 2 fully saturated rings. The lowest BCUT2D eigenvalue weighted by Gasteiger charge is -2.60. The Bertz CT molecular complexity index is 288. The monoisotopic (exact) mass is 282 g/mol. The van der Waals surface area contributed by atoms with E-state index in [0.717, 1.165) is 51.9 Å². The molecule has 0 spiro atoms. The van der Waals surface area contributed by atoms with Gasteiger partial charge < -0.3 is 15.3 Å². The highest BCUT2D eigenvalue weighted by Crippen LogP contribution is 2.48. The lowest BCUT2D eigenvalue weighted by atomic mass is 9.59. The van der Waals surface area contributed by atoms with Crippen LogP contribution in [0.5, 0.6) is 0 Å². The lowest BCUT2D eigenvalue weighted by Crippen LogP contribution is -2.71. The fraction of sp³-hybridized carbons (Fsp3) is 1.00. The quantitative estimate of drug-likeness (QED) is 0.786. The standard InChI is InChI=1S/C17H34N2O/c1-5-7-16-10-18-11-17(8-6-2,15(16)20)13-19(12-16)9-14(3)4/h14-15,18,20H,5-13H2,1-4H3/t16-,17-/m0/s1. The average Bonchev–Trinajstić information content (AvgIpc) is 2.33. The number of nitrogens with one attached hydrogen (secondary N) is 1. The fourth-order valence-corrected chi connectivity index (χ4v) is 4.88. The predicted molar refractivity (Wildman–Crippen MR) is 84.8 cm³/mol. The van der Waals surface area contributed by atoms with Crippen LogP contribution in [0.25, 0.3) is 0 Å². The third kappa shape index (κ3) is 2.90. The first-order valence-electron chi connectivity index (χ1n) is 8.59. The minimum Gasteiger partial charge on any atom is -0.392 e. The number of aliphatic hydroxyl groups is 1. The first kappa shape index (κ1) is 16.3. The molecule has 2 atom stereocenters. The van der Waals surface area contributed by atoms with E-state index in [1.807, 2.05) is 0 Å². The zero-order chi connectivity index (χ0) is 14.8. The summed E-state index contributed by atoms with van der Waals surface area (Å²) in [5.74, 6) is 0.705. The summed E-state index contributed by atoms with van der Waals surface area (Å²) in [5.41, 5.74) is 0.157. The van der Waals surface area contributed by atoms with Crippen LogP contribution in [0.1, 0.15) is 53.4 Å². The van der Waals surface area contributed by atoms with Crippen LogP contribution < -0.4 is 5.32 Å². The Morgan fingerprint density at radius 1 is 1.10 bits per heavy atom. The predicted octanol–water partition coefficient (Wildman–Crippen LogP) is 2.50. The molecule has 2 bridgehead atoms. The number of piperidine rings is 2. The number of fused-ring (bicyclic) bond motifs is 2. The van der Waals surface area contributed by atoms with Crippen molar-refractivity contribution in [2.45, 2.75) is 59.5 Å². The maximum Gasteiger partial charge on any atom is 0.0701 e. The summed E-state index contributed by atoms with van der Waals surface area (Å²) in [7, 11) is 0. The summed E-state index contributed by atoms with van der Waals surface area (Å²) in [4.78, 5) is 2.64. The molecule has 2 aliphatic rings. The van der Waals surface area contributed by atoms with E-state index < -0.39 is 0 Å². The highest BCUT2D eigenvalue weighted by atomic mass is 16.3. The summed E-state index contributed by atoms with van der Waals surface area (Å²) < 4.78 is 0. The second-order valence-corrected chi connectivity index (χ2v) is 7.79. The van der Waals surface area contributed by atoms with Crippen LogP contribution in [-0.2, 0) is 0 Å². The molecule has 2 rings (SSSR count). The Labute approximate surface area is 125 Å². The summed E-state index contributed by atoms with van der Waals surface area (Å²) in [6, 6.07) is 0. The first-order chi connectivity index (χ1) is 9.48. The van der Waals surface area contributed by atoms with Crippen LogP contribution in [0, 0.1) is 16.7 Å². The minimum atomic E-state index is -0.125. The molecule has 0 saturated carbocycles. The van der Waals surface area contributed by atoms with Crippen molar-refractivity contribution >= 4 is 0 Å². The first-order valence-corrected chi connectivity index (χ1v) is 8.59. The third-order valence-electron chi connectivity index (χ3n) is 5.31. The molecule has 0 aromatic carbocycles. The molecule has 0 radical (unpaired) electrons. The van der Waals surface area contributed by atoms with Crippen LogP contribution in [0.4, 0.5) is 0 Å². The van der Waals surface area contributed by atoms with E-state index in [9.17, 15) is 5.11 Å². The van der Waals surface area contributed by atoms with Gasteiger partial charge in [0.15, 0.2) is 0 Å². The van der Waals surface area contributed by atoms with Gasteiger partial charge in [-0.2, -0.15) is 0 Å². The van der Waals surface area contributed by atoms with E-state index in [1.165, 1.54) is 6.54 Å².